The molecule has 0 bridgehead atoms. The molecule has 1 unspecified atom stereocenters. The van der Waals surface area contributed by atoms with Crippen LogP contribution < -0.4 is 10.2 Å². The molecule has 0 spiro atoms. The van der Waals surface area contributed by atoms with Crippen molar-refractivity contribution in [2.45, 2.75) is 71.3 Å². The van der Waals surface area contributed by atoms with Crippen LogP contribution in [0.25, 0.3) is 11.1 Å². The van der Waals surface area contributed by atoms with Crippen LogP contribution in [0, 0.1) is 5.92 Å². The number of carbonyl (C=O) groups is 4. The topological polar surface area (TPSA) is 96.0 Å². The van der Waals surface area contributed by atoms with Gasteiger partial charge >= 0.3 is 0 Å². The number of benzene rings is 2. The molecule has 2 fully saturated rings. The summed E-state index contributed by atoms with van der Waals surface area (Å²) in [5, 5.41) is 2.26. The van der Waals surface area contributed by atoms with Crippen LogP contribution in [0.4, 0.5) is 5.69 Å². The van der Waals surface area contributed by atoms with E-state index in [0.29, 0.717) is 37.4 Å². The lowest BCUT2D eigenvalue weighted by Crippen LogP contribution is -2.54. The number of anilines is 1. The molecule has 2 aromatic rings. The van der Waals surface area contributed by atoms with Gasteiger partial charge in [0.15, 0.2) is 0 Å². The second kappa shape index (κ2) is 12.3. The third-order valence-electron chi connectivity index (χ3n) is 8.17. The third kappa shape index (κ3) is 5.97. The number of hydrogen-bond acceptors (Lipinski definition) is 6. The zero-order valence-electron chi connectivity index (χ0n) is 23.5. The molecular formula is C32H39N3O5. The van der Waals surface area contributed by atoms with Gasteiger partial charge in [0.25, 0.3) is 11.8 Å². The van der Waals surface area contributed by atoms with E-state index in [1.165, 1.54) is 37.7 Å². The lowest BCUT2D eigenvalue weighted by molar-refractivity contribution is -0.136. The molecular weight excluding hydrogens is 506 g/mol. The lowest BCUT2D eigenvalue weighted by Gasteiger charge is -2.31. The number of carbonyl (C=O) groups excluding carboxylic acids is 4. The monoisotopic (exact) mass is 545 g/mol. The summed E-state index contributed by atoms with van der Waals surface area (Å²) in [6, 6.07) is 11.1. The van der Waals surface area contributed by atoms with Gasteiger partial charge in [0.1, 0.15) is 6.04 Å². The second-order valence-corrected chi connectivity index (χ2v) is 11.5. The Balaban J connectivity index is 1.39. The van der Waals surface area contributed by atoms with Crippen molar-refractivity contribution in [2.75, 3.05) is 31.2 Å². The zero-order chi connectivity index (χ0) is 28.2. The molecule has 2 aromatic carbocycles. The summed E-state index contributed by atoms with van der Waals surface area (Å²) in [4.78, 5) is 54.3. The normalized spacial score (nSPS) is 19.4. The third-order valence-corrected chi connectivity index (χ3v) is 8.17. The SMILES string of the molecule is CC(C)CCCCCCc1ccc(-c2cc3c(cc2N2CCOCC2)C(=O)N(C2CCC(=O)NC2=O)C3=O)cc1. The molecule has 8 heteroatoms. The minimum atomic E-state index is -0.981. The molecule has 1 atom stereocenters. The van der Waals surface area contributed by atoms with Gasteiger partial charge in [0.2, 0.25) is 11.8 Å². The molecule has 212 valence electrons. The van der Waals surface area contributed by atoms with Crippen LogP contribution in [0.3, 0.4) is 0 Å². The average molecular weight is 546 g/mol. The van der Waals surface area contributed by atoms with E-state index in [9.17, 15) is 19.2 Å². The van der Waals surface area contributed by atoms with E-state index >= 15 is 0 Å². The van der Waals surface area contributed by atoms with Crippen molar-refractivity contribution in [3.05, 3.63) is 53.1 Å². The van der Waals surface area contributed by atoms with Gasteiger partial charge in [-0.1, -0.05) is 63.8 Å². The van der Waals surface area contributed by atoms with Crippen molar-refractivity contribution < 1.29 is 23.9 Å². The molecule has 0 radical (unpaired) electrons. The van der Waals surface area contributed by atoms with Crippen LogP contribution in [0.1, 0.15) is 85.1 Å². The highest BCUT2D eigenvalue weighted by Crippen LogP contribution is 2.38. The maximum Gasteiger partial charge on any atom is 0.262 e. The Labute approximate surface area is 236 Å². The molecule has 3 aliphatic heterocycles. The minimum Gasteiger partial charge on any atom is -0.378 e. The first-order valence-electron chi connectivity index (χ1n) is 14.6. The Morgan fingerprint density at radius 2 is 1.55 bits per heavy atom. The summed E-state index contributed by atoms with van der Waals surface area (Å²) in [5.41, 5.74) is 4.63. The van der Waals surface area contributed by atoms with Crippen molar-refractivity contribution in [1.82, 2.24) is 10.2 Å². The first-order chi connectivity index (χ1) is 19.3. The van der Waals surface area contributed by atoms with E-state index in [0.717, 1.165) is 34.1 Å². The van der Waals surface area contributed by atoms with Gasteiger partial charge in [-0.25, -0.2) is 0 Å². The smallest absolute Gasteiger partial charge is 0.262 e. The van der Waals surface area contributed by atoms with Crippen LogP contribution >= 0.6 is 0 Å². The number of ether oxygens (including phenoxy) is 1. The summed E-state index contributed by atoms with van der Waals surface area (Å²) in [7, 11) is 0. The summed E-state index contributed by atoms with van der Waals surface area (Å²) in [6.07, 6.45) is 7.54. The average Bonchev–Trinajstić information content (AvgIpc) is 3.19. The molecule has 3 heterocycles. The van der Waals surface area contributed by atoms with Gasteiger partial charge in [-0.3, -0.25) is 29.4 Å². The maximum atomic E-state index is 13.5. The van der Waals surface area contributed by atoms with Gasteiger partial charge in [0, 0.05) is 30.8 Å². The van der Waals surface area contributed by atoms with Gasteiger partial charge < -0.3 is 9.64 Å². The Bertz CT molecular complexity index is 1280. The van der Waals surface area contributed by atoms with Crippen molar-refractivity contribution >= 4 is 29.3 Å². The zero-order valence-corrected chi connectivity index (χ0v) is 23.5. The molecule has 2 saturated heterocycles. The van der Waals surface area contributed by atoms with Gasteiger partial charge in [-0.05, 0) is 48.4 Å². The van der Waals surface area contributed by atoms with E-state index < -0.39 is 23.8 Å². The van der Waals surface area contributed by atoms with Crippen LogP contribution in [0.5, 0.6) is 0 Å². The van der Waals surface area contributed by atoms with E-state index in [2.05, 4.69) is 48.3 Å². The van der Waals surface area contributed by atoms with E-state index in [4.69, 9.17) is 4.74 Å². The minimum absolute atomic E-state index is 0.0956. The first kappa shape index (κ1) is 28.0. The number of morpholine rings is 1. The molecule has 0 aromatic heterocycles. The van der Waals surface area contributed by atoms with E-state index in [1.807, 2.05) is 0 Å². The van der Waals surface area contributed by atoms with E-state index in [1.54, 1.807) is 12.1 Å². The lowest BCUT2D eigenvalue weighted by atomic mass is 9.95. The molecule has 0 aliphatic carbocycles. The number of unbranched alkanes of at least 4 members (excludes halogenated alkanes) is 3. The fourth-order valence-corrected chi connectivity index (χ4v) is 5.89. The Morgan fingerprint density at radius 3 is 2.23 bits per heavy atom. The quantitative estimate of drug-likeness (QED) is 0.342. The highest BCUT2D eigenvalue weighted by Gasteiger charge is 2.45. The molecule has 5 rings (SSSR count). The second-order valence-electron chi connectivity index (χ2n) is 11.5. The fourth-order valence-electron chi connectivity index (χ4n) is 5.89. The van der Waals surface area contributed by atoms with Crippen molar-refractivity contribution in [3.63, 3.8) is 0 Å². The number of aryl methyl sites for hydroxylation is 1. The predicted octanol–water partition coefficient (Wildman–Crippen LogP) is 4.74. The molecule has 8 nitrogen and oxygen atoms in total. The van der Waals surface area contributed by atoms with Gasteiger partial charge in [0.05, 0.1) is 24.3 Å². The number of nitrogens with zero attached hydrogens (tertiary/aromatic N) is 2. The van der Waals surface area contributed by atoms with Crippen LogP contribution in [0.2, 0.25) is 0 Å². The molecule has 1 N–H and O–H groups in total. The standard InChI is InChI=1S/C32H39N3O5/c1-21(2)7-5-3-4-6-8-22-9-11-23(12-10-22)24-19-25-26(20-28(24)34-15-17-40-18-16-34)32(39)35(31(25)38)27-13-14-29(36)33-30(27)37/h9-12,19-21,27H,3-8,13-18H2,1-2H3,(H,33,36,37). The van der Waals surface area contributed by atoms with Crippen molar-refractivity contribution in [3.8, 4) is 11.1 Å². The molecule has 40 heavy (non-hydrogen) atoms. The van der Waals surface area contributed by atoms with Crippen LogP contribution in [0.15, 0.2) is 36.4 Å². The predicted molar refractivity (Wildman–Crippen MR) is 153 cm³/mol. The summed E-state index contributed by atoms with van der Waals surface area (Å²) in [5.74, 6) is -1.19. The summed E-state index contributed by atoms with van der Waals surface area (Å²) >= 11 is 0. The van der Waals surface area contributed by atoms with Crippen molar-refractivity contribution in [2.24, 2.45) is 5.92 Å². The van der Waals surface area contributed by atoms with Crippen LogP contribution in [-0.2, 0) is 20.7 Å². The van der Waals surface area contributed by atoms with E-state index in [-0.39, 0.29) is 18.7 Å². The maximum absolute atomic E-state index is 13.5. The number of amides is 4. The number of nitrogens with one attached hydrogen (secondary N) is 1. The molecule has 0 saturated carbocycles. The Hall–Kier alpha value is -3.52. The number of piperidine rings is 1. The van der Waals surface area contributed by atoms with Gasteiger partial charge in [-0.2, -0.15) is 0 Å². The largest absolute Gasteiger partial charge is 0.378 e. The number of hydrogen-bond donors (Lipinski definition) is 1. The molecule has 4 amide bonds. The van der Waals surface area contributed by atoms with Crippen LogP contribution in [-0.4, -0.2) is 60.9 Å². The Morgan fingerprint density at radius 1 is 0.875 bits per heavy atom. The van der Waals surface area contributed by atoms with Gasteiger partial charge in [-0.15, -0.1) is 0 Å². The Kier molecular flexibility index (Phi) is 8.64. The molecule has 3 aliphatic rings. The number of fused-ring (bicyclic) bond motifs is 1. The highest BCUT2D eigenvalue weighted by molar-refractivity contribution is 6.24. The number of rotatable bonds is 10. The van der Waals surface area contributed by atoms with Crippen molar-refractivity contribution in [1.29, 1.82) is 0 Å². The highest BCUT2D eigenvalue weighted by atomic mass is 16.5. The first-order valence-corrected chi connectivity index (χ1v) is 14.6. The number of imide groups is 2. The fraction of sp³-hybridized carbons (Fsp3) is 0.500. The summed E-state index contributed by atoms with van der Waals surface area (Å²) in [6.45, 7) is 7.08. The summed E-state index contributed by atoms with van der Waals surface area (Å²) < 4.78 is 5.56.